The third-order valence-corrected chi connectivity index (χ3v) is 2.18. The van der Waals surface area contributed by atoms with Crippen LogP contribution < -0.4 is 11.1 Å². The van der Waals surface area contributed by atoms with Crippen molar-refractivity contribution in [3.05, 3.63) is 17.5 Å². The molecule has 1 unspecified atom stereocenters. The van der Waals surface area contributed by atoms with Crippen LogP contribution in [0, 0.1) is 12.8 Å². The van der Waals surface area contributed by atoms with Crippen molar-refractivity contribution >= 4 is 5.91 Å². The molecule has 0 saturated heterocycles. The highest BCUT2D eigenvalue weighted by atomic mass is 16.5. The molecular formula is C11H19N3O2. The quantitative estimate of drug-likeness (QED) is 0.782. The third kappa shape index (κ3) is 4.02. The van der Waals surface area contributed by atoms with Crippen LogP contribution in [0.1, 0.15) is 31.7 Å². The lowest BCUT2D eigenvalue weighted by Gasteiger charge is -2.13. The average molecular weight is 225 g/mol. The van der Waals surface area contributed by atoms with Gasteiger partial charge in [-0.2, -0.15) is 0 Å². The normalized spacial score (nSPS) is 12.8. The van der Waals surface area contributed by atoms with Gasteiger partial charge < -0.3 is 15.6 Å². The number of aromatic nitrogens is 1. The monoisotopic (exact) mass is 225 g/mol. The number of nitrogens with zero attached hydrogens (tertiary/aromatic N) is 1. The molecule has 0 fully saturated rings. The van der Waals surface area contributed by atoms with E-state index in [4.69, 9.17) is 10.3 Å². The van der Waals surface area contributed by atoms with Crippen LogP contribution in [-0.2, 0) is 11.3 Å². The van der Waals surface area contributed by atoms with Crippen LogP contribution in [0.25, 0.3) is 0 Å². The highest BCUT2D eigenvalue weighted by Gasteiger charge is 2.14. The maximum Gasteiger partial charge on any atom is 0.237 e. The number of hydrogen-bond donors (Lipinski definition) is 2. The van der Waals surface area contributed by atoms with Crippen molar-refractivity contribution < 1.29 is 9.32 Å². The Morgan fingerprint density at radius 2 is 2.31 bits per heavy atom. The predicted molar refractivity (Wildman–Crippen MR) is 60.5 cm³/mol. The van der Waals surface area contributed by atoms with E-state index in [1.807, 2.05) is 20.8 Å². The Balaban J connectivity index is 2.35. The van der Waals surface area contributed by atoms with E-state index >= 15 is 0 Å². The Bertz CT molecular complexity index is 347. The molecule has 1 rings (SSSR count). The van der Waals surface area contributed by atoms with Gasteiger partial charge in [-0.25, -0.2) is 0 Å². The van der Waals surface area contributed by atoms with Crippen molar-refractivity contribution in [3.63, 3.8) is 0 Å². The van der Waals surface area contributed by atoms with Gasteiger partial charge in [0.25, 0.3) is 0 Å². The fourth-order valence-corrected chi connectivity index (χ4v) is 1.42. The number of amides is 1. The molecule has 0 radical (unpaired) electrons. The summed E-state index contributed by atoms with van der Waals surface area (Å²) in [5.74, 6) is 0.902. The van der Waals surface area contributed by atoms with E-state index in [1.165, 1.54) is 0 Å². The predicted octanol–water partition coefficient (Wildman–Crippen LogP) is 0.973. The van der Waals surface area contributed by atoms with Crippen LogP contribution in [0.5, 0.6) is 0 Å². The lowest BCUT2D eigenvalue weighted by atomic mass is 10.0. The first-order valence-electron chi connectivity index (χ1n) is 5.44. The van der Waals surface area contributed by atoms with Gasteiger partial charge in [0, 0.05) is 6.07 Å². The number of hydrogen-bond acceptors (Lipinski definition) is 4. The van der Waals surface area contributed by atoms with E-state index in [0.717, 1.165) is 5.69 Å². The van der Waals surface area contributed by atoms with Crippen LogP contribution in [0.4, 0.5) is 0 Å². The maximum absolute atomic E-state index is 11.6. The van der Waals surface area contributed by atoms with Crippen molar-refractivity contribution in [2.75, 3.05) is 0 Å². The van der Waals surface area contributed by atoms with Gasteiger partial charge in [-0.15, -0.1) is 0 Å². The van der Waals surface area contributed by atoms with Gasteiger partial charge in [0.1, 0.15) is 0 Å². The van der Waals surface area contributed by atoms with Crippen LogP contribution in [0.3, 0.4) is 0 Å². The molecule has 3 N–H and O–H groups in total. The second-order valence-electron chi connectivity index (χ2n) is 4.39. The summed E-state index contributed by atoms with van der Waals surface area (Å²) in [6.07, 6.45) is 0.682. The smallest absolute Gasteiger partial charge is 0.237 e. The van der Waals surface area contributed by atoms with Gasteiger partial charge >= 0.3 is 0 Å². The van der Waals surface area contributed by atoms with E-state index in [9.17, 15) is 4.79 Å². The molecule has 1 amide bonds. The molecule has 0 aliphatic rings. The number of aryl methyl sites for hydroxylation is 1. The van der Waals surface area contributed by atoms with Crippen molar-refractivity contribution in [2.24, 2.45) is 11.7 Å². The Hall–Kier alpha value is -1.36. The second kappa shape index (κ2) is 5.65. The molecule has 0 spiro atoms. The first-order valence-corrected chi connectivity index (χ1v) is 5.44. The molecule has 1 aromatic heterocycles. The highest BCUT2D eigenvalue weighted by molar-refractivity contribution is 5.81. The Morgan fingerprint density at radius 1 is 1.62 bits per heavy atom. The zero-order chi connectivity index (χ0) is 12.1. The number of nitrogens with one attached hydrogen (secondary N) is 1. The topological polar surface area (TPSA) is 81.2 Å². The highest BCUT2D eigenvalue weighted by Crippen LogP contribution is 2.04. The standard InChI is InChI=1S/C11H19N3O2/c1-7(2)4-10(12)11(15)13-6-9-5-8(3)14-16-9/h5,7,10H,4,6,12H2,1-3H3,(H,13,15). The summed E-state index contributed by atoms with van der Waals surface area (Å²) >= 11 is 0. The summed E-state index contributed by atoms with van der Waals surface area (Å²) in [7, 11) is 0. The van der Waals surface area contributed by atoms with Crippen molar-refractivity contribution in [3.8, 4) is 0 Å². The van der Waals surface area contributed by atoms with Gasteiger partial charge in [0.15, 0.2) is 5.76 Å². The fraction of sp³-hybridized carbons (Fsp3) is 0.636. The molecule has 1 aromatic rings. The van der Waals surface area contributed by atoms with E-state index in [-0.39, 0.29) is 5.91 Å². The summed E-state index contributed by atoms with van der Waals surface area (Å²) in [4.78, 5) is 11.6. The first kappa shape index (κ1) is 12.7. The average Bonchev–Trinajstić information content (AvgIpc) is 2.59. The molecule has 16 heavy (non-hydrogen) atoms. The minimum atomic E-state index is -0.455. The zero-order valence-corrected chi connectivity index (χ0v) is 9.99. The minimum Gasteiger partial charge on any atom is -0.359 e. The molecule has 5 nitrogen and oxygen atoms in total. The Morgan fingerprint density at radius 3 is 2.81 bits per heavy atom. The summed E-state index contributed by atoms with van der Waals surface area (Å²) in [6.45, 7) is 6.24. The molecule has 0 bridgehead atoms. The van der Waals surface area contributed by atoms with Gasteiger partial charge in [-0.3, -0.25) is 4.79 Å². The van der Waals surface area contributed by atoms with Gasteiger partial charge in [-0.1, -0.05) is 19.0 Å². The van der Waals surface area contributed by atoms with E-state index in [1.54, 1.807) is 6.07 Å². The summed E-state index contributed by atoms with van der Waals surface area (Å²) in [6, 6.07) is 1.33. The van der Waals surface area contributed by atoms with Crippen LogP contribution in [-0.4, -0.2) is 17.1 Å². The van der Waals surface area contributed by atoms with Crippen molar-refractivity contribution in [1.82, 2.24) is 10.5 Å². The number of carbonyl (C=O) groups is 1. The molecule has 0 aliphatic carbocycles. The summed E-state index contributed by atoms with van der Waals surface area (Å²) in [5, 5.41) is 6.45. The lowest BCUT2D eigenvalue weighted by Crippen LogP contribution is -2.40. The van der Waals surface area contributed by atoms with Crippen molar-refractivity contribution in [1.29, 1.82) is 0 Å². The molecule has 0 aromatic carbocycles. The Labute approximate surface area is 95.4 Å². The zero-order valence-electron chi connectivity index (χ0n) is 9.99. The second-order valence-corrected chi connectivity index (χ2v) is 4.39. The molecule has 0 aliphatic heterocycles. The first-order chi connectivity index (χ1) is 7.49. The third-order valence-electron chi connectivity index (χ3n) is 2.18. The van der Waals surface area contributed by atoms with E-state index in [2.05, 4.69) is 10.5 Å². The largest absolute Gasteiger partial charge is 0.359 e. The molecule has 1 atom stereocenters. The van der Waals surface area contributed by atoms with E-state index in [0.29, 0.717) is 24.6 Å². The van der Waals surface area contributed by atoms with Crippen molar-refractivity contribution in [2.45, 2.75) is 39.8 Å². The van der Waals surface area contributed by atoms with E-state index < -0.39 is 6.04 Å². The summed E-state index contributed by atoms with van der Waals surface area (Å²) in [5.41, 5.74) is 6.53. The molecule has 0 saturated carbocycles. The maximum atomic E-state index is 11.6. The van der Waals surface area contributed by atoms with Crippen LogP contribution >= 0.6 is 0 Å². The fourth-order valence-electron chi connectivity index (χ4n) is 1.42. The molecular weight excluding hydrogens is 206 g/mol. The van der Waals surface area contributed by atoms with Crippen LogP contribution in [0.15, 0.2) is 10.6 Å². The summed E-state index contributed by atoms with van der Waals surface area (Å²) < 4.78 is 4.97. The molecule has 5 heteroatoms. The van der Waals surface area contributed by atoms with Gasteiger partial charge in [0.2, 0.25) is 5.91 Å². The molecule has 1 heterocycles. The lowest BCUT2D eigenvalue weighted by molar-refractivity contribution is -0.122. The minimum absolute atomic E-state index is 0.150. The molecule has 90 valence electrons. The Kier molecular flexibility index (Phi) is 4.49. The van der Waals surface area contributed by atoms with Gasteiger partial charge in [-0.05, 0) is 19.3 Å². The number of carbonyl (C=O) groups excluding carboxylic acids is 1. The number of nitrogens with two attached hydrogens (primary N) is 1. The number of rotatable bonds is 5. The SMILES string of the molecule is Cc1cc(CNC(=O)C(N)CC(C)C)on1. The van der Waals surface area contributed by atoms with Crippen LogP contribution in [0.2, 0.25) is 0 Å². The van der Waals surface area contributed by atoms with Gasteiger partial charge in [0.05, 0.1) is 18.3 Å².